The lowest BCUT2D eigenvalue weighted by molar-refractivity contribution is -0.144. The van der Waals surface area contributed by atoms with E-state index in [9.17, 15) is 18.0 Å². The van der Waals surface area contributed by atoms with E-state index < -0.39 is 23.9 Å². The van der Waals surface area contributed by atoms with Crippen LogP contribution in [-0.4, -0.2) is 28.5 Å². The number of aromatic nitrogens is 2. The molecule has 0 spiro atoms. The van der Waals surface area contributed by atoms with Gasteiger partial charge in [-0.05, 0) is 12.8 Å². The summed E-state index contributed by atoms with van der Waals surface area (Å²) in [5.74, 6) is -1.96. The van der Waals surface area contributed by atoms with Gasteiger partial charge >= 0.3 is 6.18 Å². The van der Waals surface area contributed by atoms with Gasteiger partial charge in [0.25, 0.3) is 0 Å². The second-order valence-corrected chi connectivity index (χ2v) is 4.51. The third-order valence-corrected chi connectivity index (χ3v) is 3.00. The summed E-state index contributed by atoms with van der Waals surface area (Å²) < 4.78 is 37.8. The molecule has 2 heterocycles. The number of alkyl halides is 3. The lowest BCUT2D eigenvalue weighted by atomic mass is 10.2. The van der Waals surface area contributed by atoms with Crippen molar-refractivity contribution in [1.29, 1.82) is 0 Å². The highest BCUT2D eigenvalue weighted by Crippen LogP contribution is 2.31. The van der Waals surface area contributed by atoms with Crippen LogP contribution in [0.25, 0.3) is 0 Å². The number of hydrogen-bond donors (Lipinski definition) is 1. The maximum absolute atomic E-state index is 12.6. The van der Waals surface area contributed by atoms with E-state index in [-0.39, 0.29) is 11.0 Å². The van der Waals surface area contributed by atoms with Gasteiger partial charge in [0.2, 0.25) is 11.7 Å². The Hall–Kier alpha value is -1.57. The van der Waals surface area contributed by atoms with Gasteiger partial charge in [0, 0.05) is 12.6 Å². The van der Waals surface area contributed by atoms with Crippen LogP contribution in [0.1, 0.15) is 18.7 Å². The first-order valence-electron chi connectivity index (χ1n) is 5.47. The van der Waals surface area contributed by atoms with Crippen molar-refractivity contribution in [3.8, 4) is 0 Å². The Balaban J connectivity index is 2.40. The standard InChI is InChI=1S/C10H10ClF3N4O/c11-6-4-7(17-9(16-6)10(12,13)14)18-3-1-2-5(18)8(15)19/h4-5H,1-3H2,(H2,15,19). The zero-order valence-corrected chi connectivity index (χ0v) is 10.4. The summed E-state index contributed by atoms with van der Waals surface area (Å²) in [6, 6.07) is 0.532. The summed E-state index contributed by atoms with van der Waals surface area (Å²) in [4.78, 5) is 19.2. The van der Waals surface area contributed by atoms with Crippen molar-refractivity contribution < 1.29 is 18.0 Å². The Labute approximate surface area is 111 Å². The molecule has 19 heavy (non-hydrogen) atoms. The van der Waals surface area contributed by atoms with Crippen LogP contribution in [0.4, 0.5) is 19.0 Å². The molecule has 1 aliphatic heterocycles. The number of rotatable bonds is 2. The first-order valence-corrected chi connectivity index (χ1v) is 5.84. The molecule has 0 saturated carbocycles. The number of nitrogens with two attached hydrogens (primary N) is 1. The molecule has 0 aliphatic carbocycles. The smallest absolute Gasteiger partial charge is 0.368 e. The highest BCUT2D eigenvalue weighted by molar-refractivity contribution is 6.29. The lowest BCUT2D eigenvalue weighted by Crippen LogP contribution is -2.41. The highest BCUT2D eigenvalue weighted by Gasteiger charge is 2.37. The number of carbonyl (C=O) groups excluding carboxylic acids is 1. The number of amides is 1. The average molecular weight is 295 g/mol. The van der Waals surface area contributed by atoms with E-state index in [0.29, 0.717) is 19.4 Å². The zero-order chi connectivity index (χ0) is 14.2. The fourth-order valence-corrected chi connectivity index (χ4v) is 2.19. The SMILES string of the molecule is NC(=O)C1CCCN1c1cc(Cl)nc(C(F)(F)F)n1. The van der Waals surface area contributed by atoms with Crippen molar-refractivity contribution in [3.63, 3.8) is 0 Å². The number of anilines is 1. The minimum absolute atomic E-state index is 0.0337. The molecule has 0 radical (unpaired) electrons. The summed E-state index contributed by atoms with van der Waals surface area (Å²) in [7, 11) is 0. The fraction of sp³-hybridized carbons (Fsp3) is 0.500. The van der Waals surface area contributed by atoms with E-state index in [1.807, 2.05) is 0 Å². The van der Waals surface area contributed by atoms with E-state index in [4.69, 9.17) is 17.3 Å². The summed E-state index contributed by atoms with van der Waals surface area (Å²) in [6.45, 7) is 0.401. The van der Waals surface area contributed by atoms with Crippen LogP contribution < -0.4 is 10.6 Å². The molecule has 1 saturated heterocycles. The molecule has 1 aromatic rings. The van der Waals surface area contributed by atoms with Crippen molar-refractivity contribution >= 4 is 23.3 Å². The van der Waals surface area contributed by atoms with Gasteiger partial charge in [-0.15, -0.1) is 0 Å². The third-order valence-electron chi connectivity index (χ3n) is 2.81. The van der Waals surface area contributed by atoms with Crippen LogP contribution in [0.5, 0.6) is 0 Å². The van der Waals surface area contributed by atoms with Gasteiger partial charge in [-0.3, -0.25) is 4.79 Å². The molecule has 1 fully saturated rings. The molecule has 1 atom stereocenters. The van der Waals surface area contributed by atoms with E-state index in [0.717, 1.165) is 0 Å². The largest absolute Gasteiger partial charge is 0.451 e. The first kappa shape index (κ1) is 13.9. The molecule has 9 heteroatoms. The molecular weight excluding hydrogens is 285 g/mol. The molecule has 1 unspecified atom stereocenters. The van der Waals surface area contributed by atoms with Gasteiger partial charge in [-0.2, -0.15) is 13.2 Å². The normalized spacial score (nSPS) is 19.8. The van der Waals surface area contributed by atoms with Gasteiger partial charge in [0.15, 0.2) is 0 Å². The molecule has 1 aromatic heterocycles. The minimum atomic E-state index is -4.69. The second-order valence-electron chi connectivity index (χ2n) is 4.12. The van der Waals surface area contributed by atoms with Crippen LogP contribution >= 0.6 is 11.6 Å². The lowest BCUT2D eigenvalue weighted by Gasteiger charge is -2.23. The summed E-state index contributed by atoms with van der Waals surface area (Å²) in [6.07, 6.45) is -3.56. The Kier molecular flexibility index (Phi) is 3.53. The van der Waals surface area contributed by atoms with E-state index >= 15 is 0 Å². The number of halogens is 4. The van der Waals surface area contributed by atoms with Gasteiger partial charge in [-0.1, -0.05) is 11.6 Å². The van der Waals surface area contributed by atoms with Gasteiger partial charge in [-0.25, -0.2) is 9.97 Å². The summed E-state index contributed by atoms with van der Waals surface area (Å²) in [5.41, 5.74) is 5.21. The maximum atomic E-state index is 12.6. The molecule has 104 valence electrons. The van der Waals surface area contributed by atoms with E-state index in [1.165, 1.54) is 11.0 Å². The van der Waals surface area contributed by atoms with Crippen LogP contribution in [-0.2, 0) is 11.0 Å². The Bertz CT molecular complexity index is 508. The van der Waals surface area contributed by atoms with Crippen LogP contribution in [0.15, 0.2) is 6.07 Å². The molecule has 0 aromatic carbocycles. The zero-order valence-electron chi connectivity index (χ0n) is 9.62. The Morgan fingerprint density at radius 2 is 2.16 bits per heavy atom. The Morgan fingerprint density at radius 1 is 1.47 bits per heavy atom. The minimum Gasteiger partial charge on any atom is -0.368 e. The number of nitrogens with zero attached hydrogens (tertiary/aromatic N) is 3. The van der Waals surface area contributed by atoms with Crippen LogP contribution in [0.3, 0.4) is 0 Å². The molecule has 1 amide bonds. The molecule has 2 rings (SSSR count). The predicted octanol–water partition coefficient (Wildman–Crippen LogP) is 1.60. The van der Waals surface area contributed by atoms with Crippen LogP contribution in [0, 0.1) is 0 Å². The topological polar surface area (TPSA) is 72.1 Å². The third kappa shape index (κ3) is 2.89. The fourth-order valence-electron chi connectivity index (χ4n) is 2.02. The van der Waals surface area contributed by atoms with Crippen molar-refractivity contribution in [3.05, 3.63) is 17.0 Å². The second kappa shape index (κ2) is 4.84. The maximum Gasteiger partial charge on any atom is 0.451 e. The van der Waals surface area contributed by atoms with Crippen molar-refractivity contribution in [2.75, 3.05) is 11.4 Å². The first-order chi connectivity index (χ1) is 8.79. The van der Waals surface area contributed by atoms with Gasteiger partial charge < -0.3 is 10.6 Å². The Morgan fingerprint density at radius 3 is 2.74 bits per heavy atom. The number of hydrogen-bond acceptors (Lipinski definition) is 4. The van der Waals surface area contributed by atoms with E-state index in [1.54, 1.807) is 0 Å². The number of primary amides is 1. The molecule has 2 N–H and O–H groups in total. The quantitative estimate of drug-likeness (QED) is 0.841. The van der Waals surface area contributed by atoms with Crippen molar-refractivity contribution in [2.45, 2.75) is 25.1 Å². The average Bonchev–Trinajstić information content (AvgIpc) is 2.75. The molecular formula is C10H10ClF3N4O. The number of carbonyl (C=O) groups is 1. The summed E-state index contributed by atoms with van der Waals surface area (Å²) >= 11 is 5.57. The monoisotopic (exact) mass is 294 g/mol. The molecule has 1 aliphatic rings. The van der Waals surface area contributed by atoms with Gasteiger partial charge in [0.1, 0.15) is 17.0 Å². The highest BCUT2D eigenvalue weighted by atomic mass is 35.5. The predicted molar refractivity (Wildman–Crippen MR) is 61.6 cm³/mol. The summed E-state index contributed by atoms with van der Waals surface area (Å²) in [5, 5.41) is -0.326. The van der Waals surface area contributed by atoms with Gasteiger partial charge in [0.05, 0.1) is 0 Å². The van der Waals surface area contributed by atoms with Crippen molar-refractivity contribution in [1.82, 2.24) is 9.97 Å². The van der Waals surface area contributed by atoms with Crippen molar-refractivity contribution in [2.24, 2.45) is 5.73 Å². The molecule has 5 nitrogen and oxygen atoms in total. The van der Waals surface area contributed by atoms with Crippen LogP contribution in [0.2, 0.25) is 5.15 Å². The van der Waals surface area contributed by atoms with E-state index in [2.05, 4.69) is 9.97 Å². The molecule has 0 bridgehead atoms.